The maximum atomic E-state index is 12.6. The summed E-state index contributed by atoms with van der Waals surface area (Å²) in [6.07, 6.45) is 1.98. The molecule has 7 heteroatoms. The van der Waals surface area contributed by atoms with E-state index in [9.17, 15) is 9.59 Å². The Morgan fingerprint density at radius 3 is 2.69 bits per heavy atom. The van der Waals surface area contributed by atoms with Gasteiger partial charge in [0.25, 0.3) is 5.91 Å². The molecular formula is C19H17N3O3S. The van der Waals surface area contributed by atoms with Gasteiger partial charge in [-0.3, -0.25) is 4.79 Å². The molecule has 1 aliphatic rings. The van der Waals surface area contributed by atoms with Crippen LogP contribution < -0.4 is 5.32 Å². The zero-order chi connectivity index (χ0) is 17.9. The standard InChI is InChI=1S/C19H17N3O3S/c23-18(20-13-8-9-13)12-25-19(24)16-11-15(17-7-4-10-26-17)21-22(16)14-5-2-1-3-6-14/h1-7,10-11,13H,8-9,12H2,(H,20,23). The number of rotatable bonds is 6. The smallest absolute Gasteiger partial charge is 0.357 e. The Bertz CT molecular complexity index is 915. The summed E-state index contributed by atoms with van der Waals surface area (Å²) in [7, 11) is 0. The Morgan fingerprint density at radius 2 is 2.00 bits per heavy atom. The summed E-state index contributed by atoms with van der Waals surface area (Å²) >= 11 is 1.54. The molecule has 1 N–H and O–H groups in total. The molecule has 0 radical (unpaired) electrons. The summed E-state index contributed by atoms with van der Waals surface area (Å²) < 4.78 is 6.75. The van der Waals surface area contributed by atoms with Crippen LogP contribution in [0, 0.1) is 0 Å². The van der Waals surface area contributed by atoms with E-state index in [1.165, 1.54) is 0 Å². The summed E-state index contributed by atoms with van der Waals surface area (Å²) in [5.74, 6) is -0.847. The number of hydrogen-bond donors (Lipinski definition) is 1. The van der Waals surface area contributed by atoms with Gasteiger partial charge in [0.05, 0.1) is 10.6 Å². The van der Waals surface area contributed by atoms with E-state index in [4.69, 9.17) is 4.74 Å². The van der Waals surface area contributed by atoms with Gasteiger partial charge in [-0.25, -0.2) is 9.48 Å². The van der Waals surface area contributed by atoms with Crippen LogP contribution in [0.1, 0.15) is 23.3 Å². The van der Waals surface area contributed by atoms with Crippen molar-refractivity contribution >= 4 is 23.2 Å². The minimum atomic E-state index is -0.574. The van der Waals surface area contributed by atoms with E-state index in [-0.39, 0.29) is 18.6 Å². The molecule has 1 fully saturated rings. The second-order valence-corrected chi connectivity index (χ2v) is 7.01. The van der Waals surface area contributed by atoms with Crippen LogP contribution in [-0.2, 0) is 9.53 Å². The molecule has 4 rings (SSSR count). The van der Waals surface area contributed by atoms with Gasteiger partial charge in [0.2, 0.25) is 0 Å². The van der Waals surface area contributed by atoms with Crippen LogP contribution in [0.25, 0.3) is 16.3 Å². The molecule has 0 bridgehead atoms. The third-order valence-corrected chi connectivity index (χ3v) is 4.86. The summed E-state index contributed by atoms with van der Waals surface area (Å²) in [6, 6.07) is 15.2. The Hall–Kier alpha value is -2.93. The minimum absolute atomic E-state index is 0.237. The van der Waals surface area contributed by atoms with Crippen LogP contribution in [-0.4, -0.2) is 34.3 Å². The zero-order valence-electron chi connectivity index (χ0n) is 13.9. The molecule has 6 nitrogen and oxygen atoms in total. The second-order valence-electron chi connectivity index (χ2n) is 6.06. The molecular weight excluding hydrogens is 350 g/mol. The van der Waals surface area contributed by atoms with Crippen molar-refractivity contribution in [1.82, 2.24) is 15.1 Å². The highest BCUT2D eigenvalue weighted by atomic mass is 32.1. The van der Waals surface area contributed by atoms with E-state index < -0.39 is 5.97 Å². The Labute approximate surface area is 154 Å². The van der Waals surface area contributed by atoms with Gasteiger partial charge < -0.3 is 10.1 Å². The van der Waals surface area contributed by atoms with Crippen molar-refractivity contribution in [1.29, 1.82) is 0 Å². The fraction of sp³-hybridized carbons (Fsp3) is 0.211. The number of hydrogen-bond acceptors (Lipinski definition) is 5. The van der Waals surface area contributed by atoms with Gasteiger partial charge in [-0.2, -0.15) is 5.10 Å². The molecule has 0 aliphatic heterocycles. The van der Waals surface area contributed by atoms with Gasteiger partial charge in [0.15, 0.2) is 12.3 Å². The number of ether oxygens (including phenoxy) is 1. The average molecular weight is 367 g/mol. The van der Waals surface area contributed by atoms with Crippen LogP contribution >= 0.6 is 11.3 Å². The largest absolute Gasteiger partial charge is 0.451 e. The highest BCUT2D eigenvalue weighted by Crippen LogP contribution is 2.26. The number of nitrogens with one attached hydrogen (secondary N) is 1. The molecule has 132 valence electrons. The second kappa shape index (κ2) is 7.13. The quantitative estimate of drug-likeness (QED) is 0.680. The predicted octanol–water partition coefficient (Wildman–Crippen LogP) is 3.04. The first kappa shape index (κ1) is 16.5. The summed E-state index contributed by atoms with van der Waals surface area (Å²) in [6.45, 7) is -0.288. The molecule has 0 unspecified atom stereocenters. The summed E-state index contributed by atoms with van der Waals surface area (Å²) in [4.78, 5) is 25.3. The number of esters is 1. The maximum Gasteiger partial charge on any atom is 0.357 e. The van der Waals surface area contributed by atoms with E-state index in [0.29, 0.717) is 11.4 Å². The van der Waals surface area contributed by atoms with E-state index >= 15 is 0 Å². The maximum absolute atomic E-state index is 12.6. The number of amides is 1. The van der Waals surface area contributed by atoms with E-state index in [2.05, 4.69) is 10.4 Å². The van der Waals surface area contributed by atoms with Crippen LogP contribution in [0.3, 0.4) is 0 Å². The third kappa shape index (κ3) is 3.67. The van der Waals surface area contributed by atoms with E-state index in [0.717, 1.165) is 23.4 Å². The van der Waals surface area contributed by atoms with E-state index in [1.54, 1.807) is 22.1 Å². The van der Waals surface area contributed by atoms with Crippen molar-refractivity contribution in [2.24, 2.45) is 0 Å². The topological polar surface area (TPSA) is 73.2 Å². The highest BCUT2D eigenvalue weighted by Gasteiger charge is 2.24. The molecule has 3 aromatic rings. The number of nitrogens with zero attached hydrogens (tertiary/aromatic N) is 2. The highest BCUT2D eigenvalue weighted by molar-refractivity contribution is 7.13. The number of aromatic nitrogens is 2. The molecule has 0 saturated heterocycles. The molecule has 1 saturated carbocycles. The van der Waals surface area contributed by atoms with Gasteiger partial charge >= 0.3 is 5.97 Å². The van der Waals surface area contributed by atoms with E-state index in [1.807, 2.05) is 47.8 Å². The number of thiophene rings is 1. The Balaban J connectivity index is 1.58. The fourth-order valence-corrected chi connectivity index (χ4v) is 3.22. The molecule has 2 heterocycles. The van der Waals surface area contributed by atoms with Crippen molar-refractivity contribution < 1.29 is 14.3 Å². The number of carbonyl (C=O) groups is 2. The van der Waals surface area contributed by atoms with Crippen molar-refractivity contribution in [2.45, 2.75) is 18.9 Å². The first-order chi connectivity index (χ1) is 12.7. The molecule has 2 aromatic heterocycles. The Kier molecular flexibility index (Phi) is 4.53. The normalized spacial score (nSPS) is 13.4. The first-order valence-corrected chi connectivity index (χ1v) is 9.24. The van der Waals surface area contributed by atoms with Crippen LogP contribution in [0.5, 0.6) is 0 Å². The van der Waals surface area contributed by atoms with Crippen molar-refractivity contribution in [3.05, 3.63) is 59.6 Å². The molecule has 1 aliphatic carbocycles. The lowest BCUT2D eigenvalue weighted by atomic mass is 10.3. The van der Waals surface area contributed by atoms with Crippen LogP contribution in [0.15, 0.2) is 53.9 Å². The lowest BCUT2D eigenvalue weighted by Crippen LogP contribution is -2.30. The molecule has 0 spiro atoms. The number of para-hydroxylation sites is 1. The van der Waals surface area contributed by atoms with Crippen molar-refractivity contribution in [3.8, 4) is 16.3 Å². The van der Waals surface area contributed by atoms with Crippen LogP contribution in [0.4, 0.5) is 0 Å². The first-order valence-electron chi connectivity index (χ1n) is 8.36. The van der Waals surface area contributed by atoms with Crippen molar-refractivity contribution in [3.63, 3.8) is 0 Å². The molecule has 26 heavy (non-hydrogen) atoms. The van der Waals surface area contributed by atoms with Gasteiger partial charge in [-0.05, 0) is 36.4 Å². The van der Waals surface area contributed by atoms with Crippen LogP contribution in [0.2, 0.25) is 0 Å². The third-order valence-electron chi connectivity index (χ3n) is 3.97. The SMILES string of the molecule is O=C(COC(=O)c1cc(-c2cccs2)nn1-c1ccccc1)NC1CC1. The monoisotopic (exact) mass is 367 g/mol. The fourth-order valence-electron chi connectivity index (χ4n) is 2.54. The van der Waals surface area contributed by atoms with Gasteiger partial charge in [0, 0.05) is 12.1 Å². The number of carbonyl (C=O) groups excluding carboxylic acids is 2. The summed E-state index contributed by atoms with van der Waals surface area (Å²) in [5.41, 5.74) is 1.74. The molecule has 1 amide bonds. The lowest BCUT2D eigenvalue weighted by molar-refractivity contribution is -0.124. The average Bonchev–Trinajstić information content (AvgIpc) is 3.15. The molecule has 0 atom stereocenters. The van der Waals surface area contributed by atoms with Crippen molar-refractivity contribution in [2.75, 3.05) is 6.61 Å². The number of benzene rings is 1. The predicted molar refractivity (Wildman–Crippen MR) is 98.3 cm³/mol. The Morgan fingerprint density at radius 1 is 1.19 bits per heavy atom. The minimum Gasteiger partial charge on any atom is -0.451 e. The summed E-state index contributed by atoms with van der Waals surface area (Å²) in [5, 5.41) is 9.31. The van der Waals surface area contributed by atoms with Gasteiger partial charge in [-0.1, -0.05) is 24.3 Å². The lowest BCUT2D eigenvalue weighted by Gasteiger charge is -2.08. The zero-order valence-corrected chi connectivity index (χ0v) is 14.7. The van der Waals surface area contributed by atoms with Gasteiger partial charge in [0.1, 0.15) is 5.69 Å². The van der Waals surface area contributed by atoms with Gasteiger partial charge in [-0.15, -0.1) is 11.3 Å². The molecule has 1 aromatic carbocycles.